The number of nitrogens with zero attached hydrogens (tertiary/aromatic N) is 4. The molecule has 0 radical (unpaired) electrons. The van der Waals surface area contributed by atoms with Crippen molar-refractivity contribution >= 4 is 5.91 Å². The van der Waals surface area contributed by atoms with Gasteiger partial charge in [0.2, 0.25) is 5.69 Å². The number of carbonyl (C=O) groups is 1. The monoisotopic (exact) mass is 414 g/mol. The molecule has 0 aliphatic heterocycles. The van der Waals surface area contributed by atoms with E-state index in [0.717, 1.165) is 10.6 Å². The Hall–Kier alpha value is -3.62. The molecule has 0 aliphatic rings. The first-order chi connectivity index (χ1) is 14.4. The highest BCUT2D eigenvalue weighted by Crippen LogP contribution is 2.10. The molecule has 0 spiro atoms. The van der Waals surface area contributed by atoms with Crippen molar-refractivity contribution in [2.24, 2.45) is 0 Å². The first-order valence-corrected chi connectivity index (χ1v) is 9.40. The molecule has 0 saturated carbocycles. The van der Waals surface area contributed by atoms with Crippen LogP contribution < -0.4 is 11.2 Å². The van der Waals surface area contributed by atoms with Gasteiger partial charge in [-0.1, -0.05) is 24.3 Å². The molecule has 7 nitrogen and oxygen atoms in total. The van der Waals surface area contributed by atoms with E-state index in [1.54, 1.807) is 13.8 Å². The maximum absolute atomic E-state index is 14.4. The van der Waals surface area contributed by atoms with Crippen molar-refractivity contribution in [3.05, 3.63) is 92.3 Å². The number of halogens is 2. The summed E-state index contributed by atoms with van der Waals surface area (Å²) in [5, 5.41) is 3.92. The molecule has 30 heavy (non-hydrogen) atoms. The molecule has 0 bridgehead atoms. The summed E-state index contributed by atoms with van der Waals surface area (Å²) in [4.78, 5) is 40.2. The van der Waals surface area contributed by atoms with Crippen LogP contribution in [0.15, 0.2) is 58.1 Å². The number of rotatable bonds is 6. The van der Waals surface area contributed by atoms with E-state index in [2.05, 4.69) is 5.10 Å². The fraction of sp³-hybridized carbons (Fsp3) is 0.238. The van der Waals surface area contributed by atoms with Crippen LogP contribution in [0.1, 0.15) is 29.9 Å². The third-order valence-electron chi connectivity index (χ3n) is 4.65. The number of hydrogen-bond donors (Lipinski definition) is 0. The normalized spacial score (nSPS) is 10.8. The van der Waals surface area contributed by atoms with Gasteiger partial charge in [-0.25, -0.2) is 13.6 Å². The number of para-hydroxylation sites is 1. The maximum Gasteiger partial charge on any atom is 0.352 e. The Labute approximate surface area is 170 Å². The van der Waals surface area contributed by atoms with Gasteiger partial charge in [0, 0.05) is 13.1 Å². The van der Waals surface area contributed by atoms with E-state index in [4.69, 9.17) is 0 Å². The fourth-order valence-electron chi connectivity index (χ4n) is 3.00. The Bertz CT molecular complexity index is 1180. The molecule has 0 unspecified atom stereocenters. The molecule has 0 N–H and O–H groups in total. The number of carbonyl (C=O) groups excluding carboxylic acids is 1. The highest BCUT2D eigenvalue weighted by atomic mass is 19.1. The van der Waals surface area contributed by atoms with Crippen molar-refractivity contribution in [3.8, 4) is 5.69 Å². The van der Waals surface area contributed by atoms with E-state index in [1.807, 2.05) is 0 Å². The van der Waals surface area contributed by atoms with Crippen LogP contribution in [0.2, 0.25) is 0 Å². The van der Waals surface area contributed by atoms with Crippen molar-refractivity contribution in [2.45, 2.75) is 20.4 Å². The molecule has 1 heterocycles. The number of hydrogen-bond acceptors (Lipinski definition) is 4. The lowest BCUT2D eigenvalue weighted by atomic mass is 10.2. The average molecular weight is 414 g/mol. The lowest BCUT2D eigenvalue weighted by molar-refractivity contribution is 0.0761. The van der Waals surface area contributed by atoms with E-state index in [0.29, 0.717) is 23.3 Å². The van der Waals surface area contributed by atoms with Gasteiger partial charge in [-0.05, 0) is 43.7 Å². The zero-order chi connectivity index (χ0) is 21.8. The topological polar surface area (TPSA) is 77.2 Å². The van der Waals surface area contributed by atoms with Crippen LogP contribution >= 0.6 is 0 Å². The zero-order valence-corrected chi connectivity index (χ0v) is 16.5. The second-order valence-electron chi connectivity index (χ2n) is 6.49. The summed E-state index contributed by atoms with van der Waals surface area (Å²) in [6.07, 6.45) is 0. The molecular weight excluding hydrogens is 394 g/mol. The van der Waals surface area contributed by atoms with E-state index >= 15 is 0 Å². The summed E-state index contributed by atoms with van der Waals surface area (Å²) in [6, 6.07) is 10.6. The molecule has 156 valence electrons. The third-order valence-corrected chi connectivity index (χ3v) is 4.65. The van der Waals surface area contributed by atoms with Crippen LogP contribution in [-0.4, -0.2) is 38.2 Å². The molecule has 0 saturated heterocycles. The Morgan fingerprint density at radius 1 is 1.00 bits per heavy atom. The zero-order valence-electron chi connectivity index (χ0n) is 16.5. The summed E-state index contributed by atoms with van der Waals surface area (Å²) < 4.78 is 29.1. The van der Waals surface area contributed by atoms with Gasteiger partial charge in [0.15, 0.2) is 0 Å². The number of benzene rings is 2. The second-order valence-corrected chi connectivity index (χ2v) is 6.49. The van der Waals surface area contributed by atoms with Gasteiger partial charge in [0.05, 0.1) is 6.54 Å². The highest BCUT2D eigenvalue weighted by molar-refractivity contribution is 5.91. The predicted molar refractivity (Wildman–Crippen MR) is 107 cm³/mol. The Morgan fingerprint density at radius 2 is 1.63 bits per heavy atom. The Balaban J connectivity index is 2.25. The standard InChI is InChI=1S/C21H20F2N4O3/c1-3-25(4-2)19(28)18-20(29)26(13-14-9-11-15(22)12-10-14)21(30)27(24-18)17-8-6-5-7-16(17)23/h5-12H,3-4,13H2,1-2H3. The summed E-state index contributed by atoms with van der Waals surface area (Å²) in [5.74, 6) is -1.87. The van der Waals surface area contributed by atoms with Crippen LogP contribution in [-0.2, 0) is 6.54 Å². The summed E-state index contributed by atoms with van der Waals surface area (Å²) >= 11 is 0. The lowest BCUT2D eigenvalue weighted by Gasteiger charge is -2.19. The third kappa shape index (κ3) is 4.05. The first kappa shape index (κ1) is 21.1. The summed E-state index contributed by atoms with van der Waals surface area (Å²) in [6.45, 7) is 3.91. The van der Waals surface area contributed by atoms with E-state index < -0.39 is 34.5 Å². The molecular formula is C21H20F2N4O3. The summed E-state index contributed by atoms with van der Waals surface area (Å²) in [7, 11) is 0. The average Bonchev–Trinajstić information content (AvgIpc) is 2.74. The van der Waals surface area contributed by atoms with E-state index in [-0.39, 0.29) is 12.2 Å². The van der Waals surface area contributed by atoms with Gasteiger partial charge in [0.1, 0.15) is 17.3 Å². The molecule has 9 heteroatoms. The molecule has 0 fully saturated rings. The van der Waals surface area contributed by atoms with Crippen molar-refractivity contribution < 1.29 is 13.6 Å². The molecule has 3 rings (SSSR count). The van der Waals surface area contributed by atoms with Crippen LogP contribution in [0, 0.1) is 11.6 Å². The van der Waals surface area contributed by atoms with Crippen molar-refractivity contribution in [2.75, 3.05) is 13.1 Å². The SMILES string of the molecule is CCN(CC)C(=O)c1nn(-c2ccccc2F)c(=O)n(Cc2ccc(F)cc2)c1=O. The van der Waals surface area contributed by atoms with Crippen LogP contribution in [0.5, 0.6) is 0 Å². The summed E-state index contributed by atoms with van der Waals surface area (Å²) in [5.41, 5.74) is -2.03. The highest BCUT2D eigenvalue weighted by Gasteiger charge is 2.24. The van der Waals surface area contributed by atoms with Crippen LogP contribution in [0.4, 0.5) is 8.78 Å². The van der Waals surface area contributed by atoms with Gasteiger partial charge in [0.25, 0.3) is 11.5 Å². The van der Waals surface area contributed by atoms with Crippen LogP contribution in [0.25, 0.3) is 5.69 Å². The molecule has 3 aromatic rings. The molecule has 0 atom stereocenters. The Morgan fingerprint density at radius 3 is 2.23 bits per heavy atom. The molecule has 1 amide bonds. The van der Waals surface area contributed by atoms with Crippen LogP contribution in [0.3, 0.4) is 0 Å². The minimum Gasteiger partial charge on any atom is -0.338 e. The quantitative estimate of drug-likeness (QED) is 0.620. The predicted octanol–water partition coefficient (Wildman–Crippen LogP) is 2.20. The van der Waals surface area contributed by atoms with Gasteiger partial charge in [-0.15, -0.1) is 0 Å². The Kier molecular flexibility index (Phi) is 6.20. The van der Waals surface area contributed by atoms with Crippen molar-refractivity contribution in [1.29, 1.82) is 0 Å². The number of amides is 1. The van der Waals surface area contributed by atoms with Crippen molar-refractivity contribution in [1.82, 2.24) is 19.2 Å². The maximum atomic E-state index is 14.4. The van der Waals surface area contributed by atoms with Gasteiger partial charge in [-0.2, -0.15) is 9.78 Å². The second kappa shape index (κ2) is 8.81. The van der Waals surface area contributed by atoms with Gasteiger partial charge >= 0.3 is 5.69 Å². The minimum absolute atomic E-state index is 0.191. The van der Waals surface area contributed by atoms with Crippen molar-refractivity contribution in [3.63, 3.8) is 0 Å². The minimum atomic E-state index is -0.912. The molecule has 2 aromatic carbocycles. The smallest absolute Gasteiger partial charge is 0.338 e. The molecule has 1 aromatic heterocycles. The van der Waals surface area contributed by atoms with E-state index in [1.165, 1.54) is 47.4 Å². The largest absolute Gasteiger partial charge is 0.352 e. The first-order valence-electron chi connectivity index (χ1n) is 9.40. The number of aromatic nitrogens is 3. The van der Waals surface area contributed by atoms with Gasteiger partial charge in [-0.3, -0.25) is 14.2 Å². The van der Waals surface area contributed by atoms with E-state index in [9.17, 15) is 23.2 Å². The molecule has 0 aliphatic carbocycles. The fourth-order valence-corrected chi connectivity index (χ4v) is 3.00. The lowest BCUT2D eigenvalue weighted by Crippen LogP contribution is -2.47. The van der Waals surface area contributed by atoms with Gasteiger partial charge < -0.3 is 4.90 Å².